The molecular formula is C27H42N6O2. The van der Waals surface area contributed by atoms with Crippen molar-refractivity contribution in [1.29, 1.82) is 0 Å². The van der Waals surface area contributed by atoms with Crippen LogP contribution < -0.4 is 21.7 Å². The molecule has 8 nitrogen and oxygen atoms in total. The summed E-state index contributed by atoms with van der Waals surface area (Å²) in [6, 6.07) is 8.11. The number of hydrogen-bond acceptors (Lipinski definition) is 6. The number of piperidine rings is 2. The van der Waals surface area contributed by atoms with Crippen LogP contribution in [-0.2, 0) is 9.59 Å². The lowest BCUT2D eigenvalue weighted by Gasteiger charge is -2.37. The zero-order chi connectivity index (χ0) is 26.1. The molecule has 0 radical (unpaired) electrons. The van der Waals surface area contributed by atoms with Crippen molar-refractivity contribution in [3.63, 3.8) is 0 Å². The lowest BCUT2D eigenvalue weighted by atomic mass is 9.80. The highest BCUT2D eigenvalue weighted by Crippen LogP contribution is 2.32. The number of pyridine rings is 2. The zero-order valence-electron chi connectivity index (χ0n) is 21.9. The molecule has 0 saturated carbocycles. The second-order valence-corrected chi connectivity index (χ2v) is 10.3. The van der Waals surface area contributed by atoms with E-state index in [2.05, 4.69) is 46.2 Å². The van der Waals surface area contributed by atoms with Crippen LogP contribution in [-0.4, -0.2) is 48.0 Å². The van der Waals surface area contributed by atoms with Crippen LogP contribution in [0, 0.1) is 31.6 Å². The molecule has 35 heavy (non-hydrogen) atoms. The second-order valence-electron chi connectivity index (χ2n) is 10.3. The van der Waals surface area contributed by atoms with Crippen molar-refractivity contribution in [3.05, 3.63) is 53.5 Å². The number of carbonyl (C=O) groups excluding carboxylic acids is 2. The fourth-order valence-electron chi connectivity index (χ4n) is 4.08. The molecule has 0 unspecified atom stereocenters. The number of rotatable bonds is 3. The molecular weight excluding hydrogens is 440 g/mol. The summed E-state index contributed by atoms with van der Waals surface area (Å²) in [7, 11) is 0. The minimum Gasteiger partial charge on any atom is -0.369 e. The average molecular weight is 483 g/mol. The molecule has 5 N–H and O–H groups in total. The van der Waals surface area contributed by atoms with Gasteiger partial charge >= 0.3 is 0 Å². The molecule has 2 amide bonds. The van der Waals surface area contributed by atoms with Gasteiger partial charge in [0.2, 0.25) is 11.8 Å². The molecule has 0 atom stereocenters. The van der Waals surface area contributed by atoms with E-state index >= 15 is 0 Å². The van der Waals surface area contributed by atoms with Gasteiger partial charge in [0.15, 0.2) is 0 Å². The van der Waals surface area contributed by atoms with E-state index in [9.17, 15) is 9.59 Å². The zero-order valence-corrected chi connectivity index (χ0v) is 21.9. The third kappa shape index (κ3) is 8.62. The van der Waals surface area contributed by atoms with Crippen molar-refractivity contribution >= 4 is 17.6 Å². The third-order valence-electron chi connectivity index (χ3n) is 7.04. The molecule has 2 aromatic rings. The third-order valence-corrected chi connectivity index (χ3v) is 7.04. The van der Waals surface area contributed by atoms with Crippen LogP contribution in [0.25, 0.3) is 0 Å². The minimum absolute atomic E-state index is 0.158. The number of nitrogens with two attached hydrogens (primary N) is 2. The van der Waals surface area contributed by atoms with E-state index in [1.807, 2.05) is 45.3 Å². The molecule has 192 valence electrons. The summed E-state index contributed by atoms with van der Waals surface area (Å²) in [4.78, 5) is 32.9. The first kappa shape index (κ1) is 28.2. The Balaban J connectivity index is 0.000000204. The number of nitrogens with one attached hydrogen (secondary N) is 1. The van der Waals surface area contributed by atoms with Crippen LogP contribution in [0.15, 0.2) is 36.7 Å². The molecule has 0 spiro atoms. The van der Waals surface area contributed by atoms with Gasteiger partial charge in [0.1, 0.15) is 5.82 Å². The number of primary amides is 2. The molecule has 4 rings (SSSR count). The Kier molecular flexibility index (Phi) is 10.2. The number of amides is 2. The maximum absolute atomic E-state index is 11.4. The number of anilines is 1. The molecule has 0 aliphatic carbocycles. The van der Waals surface area contributed by atoms with Gasteiger partial charge in [0.05, 0.1) is 0 Å². The number of aromatic nitrogens is 2. The molecule has 2 fully saturated rings. The molecule has 2 saturated heterocycles. The fourth-order valence-corrected chi connectivity index (χ4v) is 4.08. The molecule has 0 aromatic carbocycles. The van der Waals surface area contributed by atoms with E-state index < -0.39 is 0 Å². The van der Waals surface area contributed by atoms with Crippen LogP contribution in [0.4, 0.5) is 5.82 Å². The van der Waals surface area contributed by atoms with Crippen LogP contribution in [0.3, 0.4) is 0 Å². The number of nitrogens with zero attached hydrogens (tertiary/aromatic N) is 3. The summed E-state index contributed by atoms with van der Waals surface area (Å²) in [5.74, 6) is 0.653. The van der Waals surface area contributed by atoms with Gasteiger partial charge in [0.25, 0.3) is 0 Å². The van der Waals surface area contributed by atoms with Crippen molar-refractivity contribution in [1.82, 2.24) is 15.3 Å². The maximum Gasteiger partial charge on any atom is 0.223 e. The summed E-state index contributed by atoms with van der Waals surface area (Å²) in [5, 5.41) is 3.19. The van der Waals surface area contributed by atoms with Crippen molar-refractivity contribution in [2.24, 2.45) is 22.3 Å². The smallest absolute Gasteiger partial charge is 0.223 e. The Morgan fingerprint density at radius 2 is 1.31 bits per heavy atom. The van der Waals surface area contributed by atoms with Crippen LogP contribution in [0.1, 0.15) is 56.4 Å². The Morgan fingerprint density at radius 1 is 0.829 bits per heavy atom. The first-order valence-corrected chi connectivity index (χ1v) is 12.3. The predicted octanol–water partition coefficient (Wildman–Crippen LogP) is 3.04. The van der Waals surface area contributed by atoms with Crippen molar-refractivity contribution < 1.29 is 9.59 Å². The Bertz CT molecular complexity index is 962. The largest absolute Gasteiger partial charge is 0.369 e. The van der Waals surface area contributed by atoms with Crippen LogP contribution in [0.5, 0.6) is 0 Å². The molecule has 4 heterocycles. The van der Waals surface area contributed by atoms with Crippen molar-refractivity contribution in [2.75, 3.05) is 31.1 Å². The fraction of sp³-hybridized carbons (Fsp3) is 0.556. The Labute approximate surface area is 209 Å². The van der Waals surface area contributed by atoms with Gasteiger partial charge in [-0.05, 0) is 94.9 Å². The van der Waals surface area contributed by atoms with Crippen LogP contribution in [0.2, 0.25) is 0 Å². The lowest BCUT2D eigenvalue weighted by molar-refractivity contribution is -0.128. The summed E-state index contributed by atoms with van der Waals surface area (Å²) in [6.45, 7) is 13.5. The monoisotopic (exact) mass is 482 g/mol. The van der Waals surface area contributed by atoms with Gasteiger partial charge in [-0.2, -0.15) is 0 Å². The second kappa shape index (κ2) is 12.6. The number of carbonyl (C=O) groups is 2. The highest BCUT2D eigenvalue weighted by molar-refractivity contribution is 5.81. The normalized spacial score (nSPS) is 18.3. The minimum atomic E-state index is -0.347. The summed E-state index contributed by atoms with van der Waals surface area (Å²) >= 11 is 0. The number of aryl methyl sites for hydroxylation is 3. The quantitative estimate of drug-likeness (QED) is 0.617. The van der Waals surface area contributed by atoms with Gasteiger partial charge in [-0.25, -0.2) is 4.98 Å². The lowest BCUT2D eigenvalue weighted by Crippen LogP contribution is -2.45. The molecule has 2 aliphatic heterocycles. The van der Waals surface area contributed by atoms with Gasteiger partial charge in [-0.1, -0.05) is 13.8 Å². The molecule has 2 aliphatic rings. The molecule has 8 heteroatoms. The first-order chi connectivity index (χ1) is 16.4. The molecule has 2 aromatic heterocycles. The topological polar surface area (TPSA) is 127 Å². The summed E-state index contributed by atoms with van der Waals surface area (Å²) in [6.07, 6.45) is 7.01. The van der Waals surface area contributed by atoms with Gasteiger partial charge < -0.3 is 21.7 Å². The highest BCUT2D eigenvalue weighted by atomic mass is 16.1. The highest BCUT2D eigenvalue weighted by Gasteiger charge is 2.35. The van der Waals surface area contributed by atoms with E-state index in [4.69, 9.17) is 11.5 Å². The SMILES string of the molecule is CC1(C(N)=O)CCNCC1.Cc1ccnc(C)c1.Cc1ccnc(N2CCC(C)(C(N)=O)CC2)c1. The van der Waals surface area contributed by atoms with E-state index in [1.165, 1.54) is 11.1 Å². The van der Waals surface area contributed by atoms with Gasteiger partial charge in [-0.3, -0.25) is 14.6 Å². The van der Waals surface area contributed by atoms with Gasteiger partial charge in [0, 0.05) is 42.0 Å². The molecule has 0 bridgehead atoms. The predicted molar refractivity (Wildman–Crippen MR) is 141 cm³/mol. The van der Waals surface area contributed by atoms with Gasteiger partial charge in [-0.15, -0.1) is 0 Å². The van der Waals surface area contributed by atoms with E-state index in [-0.39, 0.29) is 22.6 Å². The van der Waals surface area contributed by atoms with E-state index in [1.54, 1.807) is 0 Å². The Morgan fingerprint density at radius 3 is 1.71 bits per heavy atom. The van der Waals surface area contributed by atoms with E-state index in [0.717, 1.165) is 63.4 Å². The average Bonchev–Trinajstić information content (AvgIpc) is 2.81. The van der Waals surface area contributed by atoms with Crippen LogP contribution >= 0.6 is 0 Å². The summed E-state index contributed by atoms with van der Waals surface area (Å²) in [5.41, 5.74) is 13.6. The maximum atomic E-state index is 11.4. The standard InChI is InChI=1S/C13H19N3O.C7H14N2O.C7H9N/c1-10-3-6-15-11(9-10)16-7-4-13(2,5-8-16)12(14)17;1-7(6(8)10)2-4-9-5-3-7;1-6-3-4-8-7(2)5-6/h3,6,9H,4-5,7-8H2,1-2H3,(H2,14,17);9H,2-5H2,1H3,(H2,8,10);3-5H,1-2H3. The first-order valence-electron chi connectivity index (χ1n) is 12.3. The van der Waals surface area contributed by atoms with Crippen molar-refractivity contribution in [2.45, 2.75) is 60.3 Å². The van der Waals surface area contributed by atoms with Crippen molar-refractivity contribution in [3.8, 4) is 0 Å². The summed E-state index contributed by atoms with van der Waals surface area (Å²) < 4.78 is 0. The number of hydrogen-bond donors (Lipinski definition) is 3. The Hall–Kier alpha value is -3.00. The van der Waals surface area contributed by atoms with E-state index in [0.29, 0.717) is 0 Å².